The molecule has 1 unspecified atom stereocenters. The minimum Gasteiger partial charge on any atom is -0.465 e. The van der Waals surface area contributed by atoms with Gasteiger partial charge in [-0.05, 0) is 25.5 Å². The fourth-order valence-corrected chi connectivity index (χ4v) is 2.82. The first-order valence-corrected chi connectivity index (χ1v) is 8.97. The average molecular weight is 402 g/mol. The van der Waals surface area contributed by atoms with Crippen LogP contribution in [0.2, 0.25) is 5.02 Å². The molecule has 28 heavy (non-hydrogen) atoms. The minimum atomic E-state index is -0.533. The summed E-state index contributed by atoms with van der Waals surface area (Å²) >= 11 is 6.00. The van der Waals surface area contributed by atoms with Crippen LogP contribution in [0.1, 0.15) is 34.6 Å². The number of nitrogens with zero attached hydrogens (tertiary/aromatic N) is 4. The number of ether oxygens (including phenoxy) is 1. The van der Waals surface area contributed by atoms with Gasteiger partial charge in [-0.15, -0.1) is 0 Å². The number of halogens is 1. The Morgan fingerprint density at radius 1 is 1.29 bits per heavy atom. The van der Waals surface area contributed by atoms with Gasteiger partial charge in [0.05, 0.1) is 41.8 Å². The lowest BCUT2D eigenvalue weighted by Crippen LogP contribution is -2.24. The lowest BCUT2D eigenvalue weighted by atomic mass is 10.1. The maximum Gasteiger partial charge on any atom is 0.338 e. The van der Waals surface area contributed by atoms with Crippen LogP contribution in [-0.2, 0) is 16.1 Å². The van der Waals surface area contributed by atoms with Crippen molar-refractivity contribution in [3.05, 3.63) is 64.7 Å². The number of esters is 1. The molecule has 1 aromatic carbocycles. The van der Waals surface area contributed by atoms with Gasteiger partial charge in [0.2, 0.25) is 5.91 Å². The first kappa shape index (κ1) is 19.6. The topological polar surface area (TPSA) is 91.0 Å². The molecule has 146 valence electrons. The van der Waals surface area contributed by atoms with E-state index in [1.54, 1.807) is 49.3 Å². The van der Waals surface area contributed by atoms with Crippen LogP contribution in [0.3, 0.4) is 0 Å². The highest BCUT2D eigenvalue weighted by Crippen LogP contribution is 2.18. The van der Waals surface area contributed by atoms with Crippen LogP contribution in [0.5, 0.6) is 0 Å². The minimum absolute atomic E-state index is 0.242. The number of carbonyl (C=O) groups excluding carboxylic acids is 2. The zero-order valence-electron chi connectivity index (χ0n) is 15.7. The van der Waals surface area contributed by atoms with Gasteiger partial charge < -0.3 is 10.1 Å². The number of nitrogens with one attached hydrogen (secondary N) is 1. The summed E-state index contributed by atoms with van der Waals surface area (Å²) in [5.74, 6) is -0.646. The fraction of sp³-hybridized carbons (Fsp3) is 0.263. The Balaban J connectivity index is 1.69. The summed E-state index contributed by atoms with van der Waals surface area (Å²) in [6.45, 7) is 3.87. The van der Waals surface area contributed by atoms with Gasteiger partial charge in [0.25, 0.3) is 0 Å². The maximum absolute atomic E-state index is 12.5. The number of amides is 1. The first-order chi connectivity index (χ1) is 13.4. The normalized spacial score (nSPS) is 11.9. The second kappa shape index (κ2) is 8.26. The van der Waals surface area contributed by atoms with E-state index in [2.05, 4.69) is 15.5 Å². The molecule has 0 fully saturated rings. The largest absolute Gasteiger partial charge is 0.465 e. The number of aryl methyl sites for hydroxylation is 1. The molecule has 2 aromatic heterocycles. The molecule has 9 heteroatoms. The molecular weight excluding hydrogens is 382 g/mol. The Labute approximate surface area is 167 Å². The molecule has 1 amide bonds. The highest BCUT2D eigenvalue weighted by atomic mass is 35.5. The molecule has 1 N–H and O–H groups in total. The summed E-state index contributed by atoms with van der Waals surface area (Å²) in [6.07, 6.45) is 4.86. The summed E-state index contributed by atoms with van der Waals surface area (Å²) in [6, 6.07) is 6.61. The predicted molar refractivity (Wildman–Crippen MR) is 104 cm³/mol. The summed E-state index contributed by atoms with van der Waals surface area (Å²) in [7, 11) is 1.34. The van der Waals surface area contributed by atoms with Gasteiger partial charge in [-0.25, -0.2) is 4.79 Å². The molecule has 2 heterocycles. The Morgan fingerprint density at radius 3 is 2.71 bits per heavy atom. The number of aromatic nitrogens is 4. The molecule has 0 saturated heterocycles. The van der Waals surface area contributed by atoms with Crippen molar-refractivity contribution in [1.29, 1.82) is 0 Å². The fourth-order valence-electron chi connectivity index (χ4n) is 2.68. The van der Waals surface area contributed by atoms with E-state index >= 15 is 0 Å². The molecule has 0 radical (unpaired) electrons. The molecule has 0 spiro atoms. The highest BCUT2D eigenvalue weighted by molar-refractivity contribution is 6.31. The van der Waals surface area contributed by atoms with Crippen molar-refractivity contribution in [3.8, 4) is 0 Å². The highest BCUT2D eigenvalue weighted by Gasteiger charge is 2.18. The van der Waals surface area contributed by atoms with Crippen LogP contribution in [-0.4, -0.2) is 38.5 Å². The van der Waals surface area contributed by atoms with Crippen LogP contribution in [0.4, 0.5) is 5.69 Å². The maximum atomic E-state index is 12.5. The van der Waals surface area contributed by atoms with Crippen molar-refractivity contribution in [3.63, 3.8) is 0 Å². The molecule has 0 aliphatic heterocycles. The number of rotatable bonds is 6. The van der Waals surface area contributed by atoms with Crippen LogP contribution in [0.25, 0.3) is 0 Å². The van der Waals surface area contributed by atoms with Gasteiger partial charge in [0, 0.05) is 12.4 Å². The van der Waals surface area contributed by atoms with Crippen molar-refractivity contribution < 1.29 is 14.3 Å². The van der Waals surface area contributed by atoms with E-state index < -0.39 is 12.0 Å². The quantitative estimate of drug-likeness (QED) is 0.641. The van der Waals surface area contributed by atoms with Crippen molar-refractivity contribution >= 4 is 29.2 Å². The smallest absolute Gasteiger partial charge is 0.338 e. The zero-order chi connectivity index (χ0) is 20.3. The van der Waals surface area contributed by atoms with Gasteiger partial charge in [-0.2, -0.15) is 10.2 Å². The lowest BCUT2D eigenvalue weighted by molar-refractivity contribution is -0.119. The number of hydrogen-bond acceptors (Lipinski definition) is 5. The number of methoxy groups -OCH3 is 1. The predicted octanol–water partition coefficient (Wildman–Crippen LogP) is 3.08. The van der Waals surface area contributed by atoms with Crippen LogP contribution in [0, 0.1) is 6.92 Å². The molecule has 3 rings (SSSR count). The Hall–Kier alpha value is -3.13. The molecule has 0 aliphatic rings. The van der Waals surface area contributed by atoms with E-state index in [1.807, 2.05) is 12.1 Å². The Bertz CT molecular complexity index is 991. The van der Waals surface area contributed by atoms with E-state index in [4.69, 9.17) is 16.3 Å². The van der Waals surface area contributed by atoms with E-state index in [9.17, 15) is 9.59 Å². The Kier molecular flexibility index (Phi) is 5.79. The summed E-state index contributed by atoms with van der Waals surface area (Å²) in [4.78, 5) is 24.4. The zero-order valence-corrected chi connectivity index (χ0v) is 16.5. The SMILES string of the molecule is COC(=O)c1ccccc1Cn1cc(NC(=O)C(C)n2cc(Cl)c(C)n2)cn1. The molecule has 0 aliphatic carbocycles. The summed E-state index contributed by atoms with van der Waals surface area (Å²) < 4.78 is 7.96. The standard InChI is InChI=1S/C19H20ClN5O3/c1-12-17(20)11-25(23-12)13(2)18(26)22-15-8-21-24(10-15)9-14-6-4-5-7-16(14)19(27)28-3/h4-8,10-11,13H,9H2,1-3H3,(H,22,26). The van der Waals surface area contributed by atoms with E-state index in [0.717, 1.165) is 5.56 Å². The second-order valence-electron chi connectivity index (χ2n) is 6.28. The molecule has 0 bridgehead atoms. The third-order valence-corrected chi connectivity index (χ3v) is 4.66. The van der Waals surface area contributed by atoms with Gasteiger partial charge in [0.1, 0.15) is 6.04 Å². The van der Waals surface area contributed by atoms with Crippen molar-refractivity contribution in [2.75, 3.05) is 12.4 Å². The van der Waals surface area contributed by atoms with E-state index in [-0.39, 0.29) is 5.91 Å². The van der Waals surface area contributed by atoms with E-state index in [1.165, 1.54) is 11.8 Å². The van der Waals surface area contributed by atoms with Gasteiger partial charge in [-0.3, -0.25) is 14.2 Å². The summed E-state index contributed by atoms with van der Waals surface area (Å²) in [5.41, 5.74) is 2.46. The molecule has 8 nitrogen and oxygen atoms in total. The second-order valence-corrected chi connectivity index (χ2v) is 6.69. The molecular formula is C19H20ClN5O3. The number of carbonyl (C=O) groups is 2. The number of hydrogen-bond donors (Lipinski definition) is 1. The third kappa shape index (κ3) is 4.23. The first-order valence-electron chi connectivity index (χ1n) is 8.60. The van der Waals surface area contributed by atoms with Crippen molar-refractivity contribution in [2.45, 2.75) is 26.4 Å². The number of benzene rings is 1. The molecule has 3 aromatic rings. The van der Waals surface area contributed by atoms with Crippen LogP contribution < -0.4 is 5.32 Å². The van der Waals surface area contributed by atoms with Crippen LogP contribution >= 0.6 is 11.6 Å². The third-order valence-electron chi connectivity index (χ3n) is 4.29. The van der Waals surface area contributed by atoms with Gasteiger partial charge in [-0.1, -0.05) is 29.8 Å². The van der Waals surface area contributed by atoms with E-state index in [0.29, 0.717) is 28.5 Å². The lowest BCUT2D eigenvalue weighted by Gasteiger charge is -2.11. The number of anilines is 1. The molecule has 0 saturated carbocycles. The van der Waals surface area contributed by atoms with Crippen LogP contribution in [0.15, 0.2) is 42.9 Å². The molecule has 1 atom stereocenters. The average Bonchev–Trinajstić information content (AvgIpc) is 3.27. The van der Waals surface area contributed by atoms with Crippen molar-refractivity contribution in [2.24, 2.45) is 0 Å². The van der Waals surface area contributed by atoms with Gasteiger partial charge >= 0.3 is 5.97 Å². The summed E-state index contributed by atoms with van der Waals surface area (Å²) in [5, 5.41) is 11.8. The van der Waals surface area contributed by atoms with Gasteiger partial charge in [0.15, 0.2) is 0 Å². The Morgan fingerprint density at radius 2 is 2.04 bits per heavy atom. The van der Waals surface area contributed by atoms with Crippen molar-refractivity contribution in [1.82, 2.24) is 19.6 Å². The monoisotopic (exact) mass is 401 g/mol.